The highest BCUT2D eigenvalue weighted by atomic mass is 35.5. The third kappa shape index (κ3) is 2.24. The van der Waals surface area contributed by atoms with E-state index in [4.69, 9.17) is 16.3 Å². The van der Waals surface area contributed by atoms with Gasteiger partial charge < -0.3 is 4.74 Å². The second-order valence-corrected chi connectivity index (χ2v) is 3.85. The van der Waals surface area contributed by atoms with E-state index in [0.717, 1.165) is 0 Å². The Morgan fingerprint density at radius 2 is 1.82 bits per heavy atom. The second-order valence-electron chi connectivity index (χ2n) is 3.44. The number of hydrogen-bond acceptors (Lipinski definition) is 1. The Bertz CT molecular complexity index is 535. The van der Waals surface area contributed by atoms with E-state index in [1.165, 1.54) is 43.5 Å². The molecule has 2 aromatic carbocycles. The Morgan fingerprint density at radius 3 is 2.47 bits per heavy atom. The normalized spacial score (nSPS) is 10.4. The van der Waals surface area contributed by atoms with Gasteiger partial charge in [0.25, 0.3) is 0 Å². The maximum Gasteiger partial charge on any atom is 0.132 e. The van der Waals surface area contributed by atoms with Gasteiger partial charge in [-0.1, -0.05) is 17.7 Å². The minimum atomic E-state index is -0.565. The van der Waals surface area contributed by atoms with Crippen LogP contribution in [-0.4, -0.2) is 7.11 Å². The summed E-state index contributed by atoms with van der Waals surface area (Å²) in [7, 11) is 1.46. The van der Waals surface area contributed by atoms with Gasteiger partial charge in [-0.2, -0.15) is 0 Å². The van der Waals surface area contributed by atoms with Gasteiger partial charge in [-0.15, -0.1) is 0 Å². The van der Waals surface area contributed by atoms with E-state index < -0.39 is 11.6 Å². The summed E-state index contributed by atoms with van der Waals surface area (Å²) < 4.78 is 32.3. The van der Waals surface area contributed by atoms with Crippen LogP contribution < -0.4 is 4.74 Å². The van der Waals surface area contributed by atoms with E-state index in [0.29, 0.717) is 5.75 Å². The lowest BCUT2D eigenvalue weighted by Gasteiger charge is -2.09. The van der Waals surface area contributed by atoms with Crippen molar-refractivity contribution < 1.29 is 13.5 Å². The smallest absolute Gasteiger partial charge is 0.132 e. The van der Waals surface area contributed by atoms with Crippen LogP contribution >= 0.6 is 11.6 Å². The Labute approximate surface area is 103 Å². The summed E-state index contributed by atoms with van der Waals surface area (Å²) in [5, 5.41) is 0.164. The molecule has 0 atom stereocenters. The van der Waals surface area contributed by atoms with Crippen molar-refractivity contribution in [3.8, 4) is 16.9 Å². The molecule has 0 fully saturated rings. The summed E-state index contributed by atoms with van der Waals surface area (Å²) in [6, 6.07) is 8.32. The van der Waals surface area contributed by atoms with Crippen LogP contribution in [0.15, 0.2) is 36.4 Å². The molecule has 0 spiro atoms. The Morgan fingerprint density at radius 1 is 1.06 bits per heavy atom. The number of rotatable bonds is 2. The number of ether oxygens (including phenoxy) is 1. The molecule has 1 nitrogen and oxygen atoms in total. The topological polar surface area (TPSA) is 9.23 Å². The zero-order valence-electron chi connectivity index (χ0n) is 9.01. The fourth-order valence-corrected chi connectivity index (χ4v) is 1.84. The summed E-state index contributed by atoms with van der Waals surface area (Å²) in [6.45, 7) is 0. The third-order valence-corrected chi connectivity index (χ3v) is 2.72. The van der Waals surface area contributed by atoms with Gasteiger partial charge in [-0.3, -0.25) is 0 Å². The zero-order valence-corrected chi connectivity index (χ0v) is 9.76. The molecule has 0 aromatic heterocycles. The van der Waals surface area contributed by atoms with Crippen molar-refractivity contribution in [2.45, 2.75) is 0 Å². The van der Waals surface area contributed by atoms with E-state index in [-0.39, 0.29) is 16.1 Å². The third-order valence-electron chi connectivity index (χ3n) is 2.41. The molecular weight excluding hydrogens is 246 g/mol. The van der Waals surface area contributed by atoms with Gasteiger partial charge in [0.2, 0.25) is 0 Å². The average molecular weight is 255 g/mol. The van der Waals surface area contributed by atoms with Crippen LogP contribution in [-0.2, 0) is 0 Å². The van der Waals surface area contributed by atoms with Crippen LogP contribution in [0.2, 0.25) is 5.02 Å². The Kier molecular flexibility index (Phi) is 3.29. The largest absolute Gasteiger partial charge is 0.497 e. The molecule has 2 aromatic rings. The predicted octanol–water partition coefficient (Wildman–Crippen LogP) is 4.29. The molecule has 0 aliphatic heterocycles. The molecule has 17 heavy (non-hydrogen) atoms. The average Bonchev–Trinajstić information content (AvgIpc) is 2.31. The van der Waals surface area contributed by atoms with Crippen molar-refractivity contribution >= 4 is 11.6 Å². The van der Waals surface area contributed by atoms with Crippen molar-refractivity contribution in [3.63, 3.8) is 0 Å². The van der Waals surface area contributed by atoms with Gasteiger partial charge in [0.1, 0.15) is 17.4 Å². The molecule has 0 aliphatic carbocycles. The lowest BCUT2D eigenvalue weighted by atomic mass is 10.0. The highest BCUT2D eigenvalue weighted by Crippen LogP contribution is 2.34. The summed E-state index contributed by atoms with van der Waals surface area (Å²) in [5.74, 6) is -0.664. The molecule has 2 rings (SSSR count). The maximum atomic E-state index is 13.7. The molecule has 0 saturated heterocycles. The quantitative estimate of drug-likeness (QED) is 0.777. The van der Waals surface area contributed by atoms with Gasteiger partial charge in [0, 0.05) is 11.1 Å². The van der Waals surface area contributed by atoms with Crippen LogP contribution in [0.4, 0.5) is 8.78 Å². The first-order chi connectivity index (χ1) is 8.13. The first kappa shape index (κ1) is 11.9. The van der Waals surface area contributed by atoms with Crippen molar-refractivity contribution in [1.29, 1.82) is 0 Å². The van der Waals surface area contributed by atoms with Crippen molar-refractivity contribution in [1.82, 2.24) is 0 Å². The minimum Gasteiger partial charge on any atom is -0.497 e. The standard InChI is InChI=1S/C13H9ClF2O/c1-17-8-5-6-11(15)9(7-8)13-10(14)3-2-4-12(13)16/h2-7H,1H3. The van der Waals surface area contributed by atoms with Gasteiger partial charge >= 0.3 is 0 Å². The van der Waals surface area contributed by atoms with Gasteiger partial charge in [-0.05, 0) is 30.3 Å². The summed E-state index contributed by atoms with van der Waals surface area (Å²) >= 11 is 5.88. The molecule has 4 heteroatoms. The first-order valence-corrected chi connectivity index (χ1v) is 5.29. The molecule has 0 N–H and O–H groups in total. The monoisotopic (exact) mass is 254 g/mol. The molecule has 0 amide bonds. The summed E-state index contributed by atoms with van der Waals surface area (Å²) in [4.78, 5) is 0. The SMILES string of the molecule is COc1ccc(F)c(-c2c(F)cccc2Cl)c1. The van der Waals surface area contributed by atoms with E-state index in [1.54, 1.807) is 0 Å². The molecule has 0 saturated carbocycles. The summed E-state index contributed by atoms with van der Waals surface area (Å²) in [5.41, 5.74) is 0.137. The molecule has 88 valence electrons. The lowest BCUT2D eigenvalue weighted by Crippen LogP contribution is -1.91. The van der Waals surface area contributed by atoms with E-state index in [2.05, 4.69) is 0 Å². The fourth-order valence-electron chi connectivity index (χ4n) is 1.58. The Balaban J connectivity index is 2.67. The molecule has 0 bridgehead atoms. The maximum absolute atomic E-state index is 13.7. The van der Waals surface area contributed by atoms with Crippen LogP contribution in [0.5, 0.6) is 5.75 Å². The van der Waals surface area contributed by atoms with Crippen molar-refractivity contribution in [2.75, 3.05) is 7.11 Å². The van der Waals surface area contributed by atoms with Gasteiger partial charge in [-0.25, -0.2) is 8.78 Å². The Hall–Kier alpha value is -1.61. The predicted molar refractivity (Wildman–Crippen MR) is 63.4 cm³/mol. The number of methoxy groups -OCH3 is 1. The number of halogens is 3. The van der Waals surface area contributed by atoms with Crippen LogP contribution in [0.25, 0.3) is 11.1 Å². The highest BCUT2D eigenvalue weighted by molar-refractivity contribution is 6.33. The van der Waals surface area contributed by atoms with Crippen LogP contribution in [0.3, 0.4) is 0 Å². The molecule has 0 radical (unpaired) electrons. The molecule has 0 unspecified atom stereocenters. The van der Waals surface area contributed by atoms with Crippen LogP contribution in [0.1, 0.15) is 0 Å². The van der Waals surface area contributed by atoms with E-state index in [9.17, 15) is 8.78 Å². The highest BCUT2D eigenvalue weighted by Gasteiger charge is 2.14. The molecular formula is C13H9ClF2O. The first-order valence-electron chi connectivity index (χ1n) is 4.91. The van der Waals surface area contributed by atoms with Crippen LogP contribution in [0, 0.1) is 11.6 Å². The van der Waals surface area contributed by atoms with Crippen molar-refractivity contribution in [3.05, 3.63) is 53.1 Å². The number of benzene rings is 2. The lowest BCUT2D eigenvalue weighted by molar-refractivity contribution is 0.414. The molecule has 0 aliphatic rings. The number of hydrogen-bond donors (Lipinski definition) is 0. The van der Waals surface area contributed by atoms with Gasteiger partial charge in [0.15, 0.2) is 0 Å². The van der Waals surface area contributed by atoms with E-state index in [1.807, 2.05) is 0 Å². The zero-order chi connectivity index (χ0) is 12.4. The second kappa shape index (κ2) is 4.72. The summed E-state index contributed by atoms with van der Waals surface area (Å²) in [6.07, 6.45) is 0. The van der Waals surface area contributed by atoms with Gasteiger partial charge in [0.05, 0.1) is 12.1 Å². The van der Waals surface area contributed by atoms with Crippen molar-refractivity contribution in [2.24, 2.45) is 0 Å². The molecule has 0 heterocycles. The fraction of sp³-hybridized carbons (Fsp3) is 0.0769. The minimum absolute atomic E-state index is 0.0468. The van der Waals surface area contributed by atoms with E-state index >= 15 is 0 Å².